The van der Waals surface area contributed by atoms with Gasteiger partial charge in [-0.05, 0) is 17.6 Å². The van der Waals surface area contributed by atoms with Crippen LogP contribution in [0.2, 0.25) is 0 Å². The zero-order valence-corrected chi connectivity index (χ0v) is 7.55. The predicted molar refractivity (Wildman–Crippen MR) is 47.1 cm³/mol. The van der Waals surface area contributed by atoms with Gasteiger partial charge in [-0.1, -0.05) is 0 Å². The second-order valence-electron chi connectivity index (χ2n) is 2.55. The van der Waals surface area contributed by atoms with Gasteiger partial charge in [0.25, 0.3) is 0 Å². The molecule has 0 bridgehead atoms. The van der Waals surface area contributed by atoms with Crippen molar-refractivity contribution in [3.8, 4) is 0 Å². The molecule has 68 valence electrons. The van der Waals surface area contributed by atoms with Crippen LogP contribution >= 0.6 is 11.5 Å². The number of hydrogen-bond donors (Lipinski definition) is 1. The van der Waals surface area contributed by atoms with Gasteiger partial charge >= 0.3 is 0 Å². The maximum absolute atomic E-state index is 9.66. The van der Waals surface area contributed by atoms with Gasteiger partial charge in [0.1, 0.15) is 18.8 Å². The molecule has 5 nitrogen and oxygen atoms in total. The molecule has 2 aromatic heterocycles. The van der Waals surface area contributed by atoms with Crippen molar-refractivity contribution < 1.29 is 5.11 Å². The Kier molecular flexibility index (Phi) is 2.33. The third-order valence-electron chi connectivity index (χ3n) is 1.61. The number of aromatic nitrogens is 4. The molecule has 1 unspecified atom stereocenters. The maximum atomic E-state index is 9.66. The van der Waals surface area contributed by atoms with Gasteiger partial charge in [0.15, 0.2) is 0 Å². The van der Waals surface area contributed by atoms with E-state index in [4.69, 9.17) is 0 Å². The van der Waals surface area contributed by atoms with E-state index in [1.54, 1.807) is 23.3 Å². The van der Waals surface area contributed by atoms with Gasteiger partial charge in [0.05, 0.1) is 11.4 Å². The fourth-order valence-corrected chi connectivity index (χ4v) is 1.55. The van der Waals surface area contributed by atoms with Crippen molar-refractivity contribution in [1.29, 1.82) is 0 Å². The third-order valence-corrected chi connectivity index (χ3v) is 2.46. The van der Waals surface area contributed by atoms with E-state index < -0.39 is 6.10 Å². The van der Waals surface area contributed by atoms with Crippen molar-refractivity contribution >= 4 is 11.5 Å². The lowest BCUT2D eigenvalue weighted by atomic mass is 10.3. The average molecular weight is 196 g/mol. The summed E-state index contributed by atoms with van der Waals surface area (Å²) < 4.78 is 5.50. The molecule has 1 atom stereocenters. The summed E-state index contributed by atoms with van der Waals surface area (Å²) in [7, 11) is 0. The van der Waals surface area contributed by atoms with Gasteiger partial charge in [-0.15, -0.1) is 0 Å². The van der Waals surface area contributed by atoms with Crippen molar-refractivity contribution in [2.45, 2.75) is 12.6 Å². The first-order valence-corrected chi connectivity index (χ1v) is 4.54. The van der Waals surface area contributed by atoms with Gasteiger partial charge in [0.2, 0.25) is 0 Å². The van der Waals surface area contributed by atoms with E-state index >= 15 is 0 Å². The number of rotatable bonds is 3. The Labute approximate surface area is 78.8 Å². The Morgan fingerprint density at radius 2 is 2.54 bits per heavy atom. The molecule has 0 aliphatic carbocycles. The highest BCUT2D eigenvalue weighted by atomic mass is 32.1. The van der Waals surface area contributed by atoms with E-state index in [1.807, 2.05) is 0 Å². The number of aliphatic hydroxyl groups excluding tert-OH is 1. The van der Waals surface area contributed by atoms with Gasteiger partial charge in [-0.2, -0.15) is 5.10 Å². The molecule has 0 spiro atoms. The van der Waals surface area contributed by atoms with E-state index in [9.17, 15) is 5.11 Å². The Balaban J connectivity index is 2.04. The van der Waals surface area contributed by atoms with Crippen LogP contribution in [-0.2, 0) is 6.54 Å². The zero-order valence-electron chi connectivity index (χ0n) is 6.74. The molecule has 0 aromatic carbocycles. The molecular weight excluding hydrogens is 188 g/mol. The molecule has 6 heteroatoms. The summed E-state index contributed by atoms with van der Waals surface area (Å²) in [5.74, 6) is 0. The molecule has 2 rings (SSSR count). The smallest absolute Gasteiger partial charge is 0.137 e. The van der Waals surface area contributed by atoms with E-state index in [1.165, 1.54) is 17.9 Å². The van der Waals surface area contributed by atoms with Crippen LogP contribution in [0.15, 0.2) is 24.9 Å². The molecule has 0 fully saturated rings. The summed E-state index contributed by atoms with van der Waals surface area (Å²) >= 11 is 1.29. The standard InChI is InChI=1S/C7H8N4OS/c12-6(7-1-2-10-13-7)3-11-5-8-4-9-11/h1-2,4-6,12H,3H2. The van der Waals surface area contributed by atoms with Crippen LogP contribution < -0.4 is 0 Å². The fraction of sp³-hybridized carbons (Fsp3) is 0.286. The topological polar surface area (TPSA) is 63.8 Å². The van der Waals surface area contributed by atoms with Crippen LogP contribution in [-0.4, -0.2) is 24.2 Å². The van der Waals surface area contributed by atoms with Crippen molar-refractivity contribution in [1.82, 2.24) is 19.1 Å². The SMILES string of the molecule is OC(Cn1cncn1)c1ccns1. The van der Waals surface area contributed by atoms with Crippen LogP contribution in [0.5, 0.6) is 0 Å². The molecule has 2 heterocycles. The molecule has 2 aromatic rings. The summed E-state index contributed by atoms with van der Waals surface area (Å²) in [5.41, 5.74) is 0. The Hall–Kier alpha value is -1.27. The molecular formula is C7H8N4OS. The molecule has 0 aliphatic rings. The van der Waals surface area contributed by atoms with Gasteiger partial charge < -0.3 is 5.11 Å². The summed E-state index contributed by atoms with van der Waals surface area (Å²) in [5, 5.41) is 13.6. The predicted octanol–water partition coefficient (Wildman–Crippen LogP) is 0.468. The molecule has 0 amide bonds. The van der Waals surface area contributed by atoms with E-state index in [0.717, 1.165) is 4.88 Å². The second kappa shape index (κ2) is 3.63. The van der Waals surface area contributed by atoms with Crippen LogP contribution in [0.3, 0.4) is 0 Å². The normalized spacial score (nSPS) is 13.0. The van der Waals surface area contributed by atoms with E-state index in [0.29, 0.717) is 6.54 Å². The average Bonchev–Trinajstić information content (AvgIpc) is 2.74. The minimum absolute atomic E-state index is 0.419. The molecule has 0 radical (unpaired) electrons. The lowest BCUT2D eigenvalue weighted by Crippen LogP contribution is -2.07. The van der Waals surface area contributed by atoms with Gasteiger partial charge in [0, 0.05) is 6.20 Å². The van der Waals surface area contributed by atoms with Crippen molar-refractivity contribution in [3.63, 3.8) is 0 Å². The fourth-order valence-electron chi connectivity index (χ4n) is 0.992. The van der Waals surface area contributed by atoms with Crippen molar-refractivity contribution in [2.24, 2.45) is 0 Å². The highest BCUT2D eigenvalue weighted by Crippen LogP contribution is 2.17. The first-order valence-electron chi connectivity index (χ1n) is 3.77. The van der Waals surface area contributed by atoms with Crippen LogP contribution in [0.4, 0.5) is 0 Å². The lowest BCUT2D eigenvalue weighted by molar-refractivity contribution is 0.155. The summed E-state index contributed by atoms with van der Waals surface area (Å²) in [6.45, 7) is 0.419. The quantitative estimate of drug-likeness (QED) is 0.775. The molecule has 0 saturated carbocycles. The summed E-state index contributed by atoms with van der Waals surface area (Å²) in [4.78, 5) is 4.63. The molecule has 13 heavy (non-hydrogen) atoms. The third kappa shape index (κ3) is 1.90. The number of hydrogen-bond acceptors (Lipinski definition) is 5. The van der Waals surface area contributed by atoms with Gasteiger partial charge in [-0.25, -0.2) is 14.0 Å². The highest BCUT2D eigenvalue weighted by Gasteiger charge is 2.09. The van der Waals surface area contributed by atoms with Crippen LogP contribution in [0.25, 0.3) is 0 Å². The maximum Gasteiger partial charge on any atom is 0.137 e. The minimum atomic E-state index is -0.547. The van der Waals surface area contributed by atoms with Crippen LogP contribution in [0, 0.1) is 0 Å². The Bertz CT molecular complexity index is 344. The largest absolute Gasteiger partial charge is 0.386 e. The highest BCUT2D eigenvalue weighted by molar-refractivity contribution is 7.05. The Morgan fingerprint density at radius 1 is 1.62 bits per heavy atom. The van der Waals surface area contributed by atoms with Gasteiger partial charge in [-0.3, -0.25) is 0 Å². The second-order valence-corrected chi connectivity index (χ2v) is 3.41. The van der Waals surface area contributed by atoms with E-state index in [2.05, 4.69) is 14.5 Å². The molecule has 1 N–H and O–H groups in total. The first kappa shape index (κ1) is 8.33. The first-order chi connectivity index (χ1) is 6.36. The number of nitrogens with zero attached hydrogens (tertiary/aromatic N) is 4. The van der Waals surface area contributed by atoms with Crippen LogP contribution in [0.1, 0.15) is 11.0 Å². The van der Waals surface area contributed by atoms with Crippen molar-refractivity contribution in [2.75, 3.05) is 0 Å². The summed E-state index contributed by atoms with van der Waals surface area (Å²) in [6, 6.07) is 1.80. The summed E-state index contributed by atoms with van der Waals surface area (Å²) in [6.07, 6.45) is 4.14. The molecule has 0 saturated heterocycles. The molecule has 0 aliphatic heterocycles. The number of aliphatic hydroxyl groups is 1. The van der Waals surface area contributed by atoms with Crippen molar-refractivity contribution in [3.05, 3.63) is 29.8 Å². The van der Waals surface area contributed by atoms with E-state index in [-0.39, 0.29) is 0 Å². The zero-order chi connectivity index (χ0) is 9.10. The minimum Gasteiger partial charge on any atom is -0.386 e. The lowest BCUT2D eigenvalue weighted by Gasteiger charge is -2.06. The monoisotopic (exact) mass is 196 g/mol. The Morgan fingerprint density at radius 3 is 3.15 bits per heavy atom.